The number of anilines is 1. The number of methoxy groups -OCH3 is 2. The number of fused-ring (bicyclic) bond motifs is 1. The van der Waals surface area contributed by atoms with Crippen LogP contribution in [0.5, 0.6) is 11.5 Å². The van der Waals surface area contributed by atoms with Crippen LogP contribution < -0.4 is 25.7 Å². The van der Waals surface area contributed by atoms with Crippen molar-refractivity contribution in [3.05, 3.63) is 51.4 Å². The highest BCUT2D eigenvalue weighted by atomic mass is 35.5. The predicted octanol–water partition coefficient (Wildman–Crippen LogP) is 2.82. The normalized spacial score (nSPS) is 19.6. The van der Waals surface area contributed by atoms with Crippen LogP contribution in [0, 0.1) is 11.8 Å². The summed E-state index contributed by atoms with van der Waals surface area (Å²) in [5.41, 5.74) is 0.352. The molecule has 48 heavy (non-hydrogen) atoms. The van der Waals surface area contributed by atoms with Gasteiger partial charge in [0.2, 0.25) is 11.9 Å². The number of hydrogen-bond donors (Lipinski definition) is 2. The fraction of sp³-hybridized carbons (Fsp3) is 0.424. The quantitative estimate of drug-likeness (QED) is 0.253. The molecule has 13 nitrogen and oxygen atoms in total. The maximum Gasteiger partial charge on any atom is 0.298 e. The summed E-state index contributed by atoms with van der Waals surface area (Å²) in [6, 6.07) is 2.32. The Morgan fingerprint density at radius 1 is 1.17 bits per heavy atom. The van der Waals surface area contributed by atoms with E-state index < -0.39 is 5.56 Å². The fourth-order valence-corrected chi connectivity index (χ4v) is 6.59. The Bertz CT molecular complexity index is 1830. The van der Waals surface area contributed by atoms with Gasteiger partial charge in [0.05, 0.1) is 48.5 Å². The largest absolute Gasteiger partial charge is 0.495 e. The lowest BCUT2D eigenvalue weighted by atomic mass is 10.0. The number of carbonyl (C=O) groups is 2. The topological polar surface area (TPSA) is 140 Å². The molecule has 0 bridgehead atoms. The second-order valence-electron chi connectivity index (χ2n) is 11.4. The Balaban J connectivity index is 1.64. The van der Waals surface area contributed by atoms with Gasteiger partial charge in [0.15, 0.2) is 0 Å². The van der Waals surface area contributed by atoms with Gasteiger partial charge in [-0.15, -0.1) is 0 Å². The second-order valence-corrected chi connectivity index (χ2v) is 12.2. The molecular weight excluding hydrogens is 661 g/mol. The number of carbonyl (C=O) groups excluding carboxylic acids is 2. The molecule has 3 unspecified atom stereocenters. The Kier molecular flexibility index (Phi) is 11.1. The van der Waals surface area contributed by atoms with Crippen molar-refractivity contribution in [2.75, 3.05) is 59.4 Å². The molecule has 0 radical (unpaired) electrons. The summed E-state index contributed by atoms with van der Waals surface area (Å²) in [5, 5.41) is 7.02. The van der Waals surface area contributed by atoms with Crippen molar-refractivity contribution in [2.24, 2.45) is 0 Å². The molecule has 0 spiro atoms. The second kappa shape index (κ2) is 15.3. The van der Waals surface area contributed by atoms with Crippen molar-refractivity contribution < 1.29 is 23.8 Å². The summed E-state index contributed by atoms with van der Waals surface area (Å²) >= 11 is 13.6. The zero-order valence-corrected chi connectivity index (χ0v) is 28.7. The molecule has 2 N–H and O–H groups in total. The molecule has 15 heteroatoms. The number of rotatable bonds is 9. The summed E-state index contributed by atoms with van der Waals surface area (Å²) in [6.45, 7) is 7.55. The molecule has 3 aromatic rings. The van der Waals surface area contributed by atoms with E-state index in [9.17, 15) is 14.4 Å². The first-order chi connectivity index (χ1) is 23.1. The average molecular weight is 699 g/mol. The van der Waals surface area contributed by atoms with Crippen molar-refractivity contribution >= 4 is 52.0 Å². The predicted molar refractivity (Wildman–Crippen MR) is 184 cm³/mol. The van der Waals surface area contributed by atoms with Crippen LogP contribution in [0.3, 0.4) is 0 Å². The monoisotopic (exact) mass is 697 g/mol. The smallest absolute Gasteiger partial charge is 0.298 e. The van der Waals surface area contributed by atoms with Crippen LogP contribution in [0.2, 0.25) is 10.0 Å². The van der Waals surface area contributed by atoms with Gasteiger partial charge in [-0.3, -0.25) is 23.9 Å². The van der Waals surface area contributed by atoms with Gasteiger partial charge in [-0.25, -0.2) is 4.98 Å². The van der Waals surface area contributed by atoms with E-state index in [1.54, 1.807) is 34.7 Å². The first-order valence-corrected chi connectivity index (χ1v) is 16.1. The zero-order valence-electron chi connectivity index (χ0n) is 27.1. The molecule has 0 aliphatic carbocycles. The molecule has 2 amide bonds. The van der Waals surface area contributed by atoms with Crippen molar-refractivity contribution in [2.45, 2.75) is 38.0 Å². The number of benzene rings is 1. The van der Waals surface area contributed by atoms with Gasteiger partial charge in [0, 0.05) is 62.0 Å². The lowest BCUT2D eigenvalue weighted by Gasteiger charge is -2.39. The Morgan fingerprint density at radius 2 is 1.90 bits per heavy atom. The number of hydrogen-bond acceptors (Lipinski definition) is 10. The van der Waals surface area contributed by atoms with Crippen LogP contribution >= 0.6 is 23.2 Å². The standard InChI is InChI=1S/C33H37Cl2N7O6/c1-6-8-27(44)41-11-10-40(3)20(16-41)17-42-31-19(13-21(32(42)45)28-29(34)24(46-4)14-25(47-5)30(28)35)15-36-33(39-31)38-23-18-48-12-9-22(23)37-26(43)7-2/h7,13-15,20,22-23H,2,9-12,16-18H2,1,3-5H3,(H,37,43)(H,36,38,39). The summed E-state index contributed by atoms with van der Waals surface area (Å²) < 4.78 is 18.2. The van der Waals surface area contributed by atoms with Gasteiger partial charge in [0.25, 0.3) is 11.5 Å². The summed E-state index contributed by atoms with van der Waals surface area (Å²) in [5.74, 6) is 5.51. The molecule has 2 aromatic heterocycles. The number of piperazine rings is 1. The van der Waals surface area contributed by atoms with Gasteiger partial charge < -0.3 is 29.7 Å². The lowest BCUT2D eigenvalue weighted by Crippen LogP contribution is -2.55. The molecule has 4 heterocycles. The first kappa shape index (κ1) is 35.0. The molecular formula is C33H37Cl2N7O6. The molecule has 5 rings (SSSR count). The maximum absolute atomic E-state index is 14.6. The molecule has 2 saturated heterocycles. The highest BCUT2D eigenvalue weighted by Crippen LogP contribution is 2.45. The minimum absolute atomic E-state index is 0.139. The maximum atomic E-state index is 14.6. The number of nitrogens with zero attached hydrogens (tertiary/aromatic N) is 5. The summed E-state index contributed by atoms with van der Waals surface area (Å²) in [4.78, 5) is 52.5. The fourth-order valence-electron chi connectivity index (χ4n) is 5.88. The van der Waals surface area contributed by atoms with Gasteiger partial charge in [-0.2, -0.15) is 4.98 Å². The van der Waals surface area contributed by atoms with E-state index in [-0.39, 0.29) is 75.1 Å². The Morgan fingerprint density at radius 3 is 2.56 bits per heavy atom. The van der Waals surface area contributed by atoms with Crippen molar-refractivity contribution in [1.82, 2.24) is 29.7 Å². The molecule has 0 saturated carbocycles. The highest BCUT2D eigenvalue weighted by molar-refractivity contribution is 6.41. The number of ether oxygens (including phenoxy) is 3. The highest BCUT2D eigenvalue weighted by Gasteiger charge is 2.31. The third-order valence-corrected chi connectivity index (χ3v) is 9.29. The lowest BCUT2D eigenvalue weighted by molar-refractivity contribution is -0.128. The van der Waals surface area contributed by atoms with E-state index in [1.807, 2.05) is 7.05 Å². The van der Waals surface area contributed by atoms with Crippen molar-refractivity contribution in [3.63, 3.8) is 0 Å². The number of nitrogens with one attached hydrogen (secondary N) is 2. The molecule has 254 valence electrons. The van der Waals surface area contributed by atoms with Crippen molar-refractivity contribution in [3.8, 4) is 34.5 Å². The van der Waals surface area contributed by atoms with Crippen LogP contribution in [0.1, 0.15) is 13.3 Å². The van der Waals surface area contributed by atoms with Crippen molar-refractivity contribution in [1.29, 1.82) is 0 Å². The molecule has 2 aliphatic heterocycles. The SMILES string of the molecule is C=CC(=O)NC1CCOCC1Nc1ncc2cc(-c3c(Cl)c(OC)cc(OC)c3Cl)c(=O)n(CC3CN(C(=O)C#CC)CCN3C)c2n1. The number of amides is 2. The minimum Gasteiger partial charge on any atom is -0.495 e. The number of halogens is 2. The number of aromatic nitrogens is 3. The van der Waals surface area contributed by atoms with Gasteiger partial charge in [0.1, 0.15) is 17.1 Å². The van der Waals surface area contributed by atoms with E-state index in [2.05, 4.69) is 38.9 Å². The van der Waals surface area contributed by atoms with Crippen LogP contribution in [0.25, 0.3) is 22.2 Å². The van der Waals surface area contributed by atoms with E-state index in [0.29, 0.717) is 50.3 Å². The van der Waals surface area contributed by atoms with Crippen LogP contribution in [0.15, 0.2) is 35.8 Å². The van der Waals surface area contributed by atoms with E-state index >= 15 is 0 Å². The number of likely N-dealkylation sites (N-methyl/N-ethyl adjacent to an activating group) is 1. The van der Waals surface area contributed by atoms with E-state index in [1.165, 1.54) is 20.3 Å². The first-order valence-electron chi connectivity index (χ1n) is 15.3. The Hall–Kier alpha value is -4.35. The van der Waals surface area contributed by atoms with Gasteiger partial charge >= 0.3 is 0 Å². The van der Waals surface area contributed by atoms with E-state index in [4.69, 9.17) is 42.4 Å². The van der Waals surface area contributed by atoms with Crippen LogP contribution in [-0.2, 0) is 20.9 Å². The van der Waals surface area contributed by atoms with Gasteiger partial charge in [-0.1, -0.05) is 35.7 Å². The molecule has 2 aliphatic rings. The zero-order chi connectivity index (χ0) is 34.5. The van der Waals surface area contributed by atoms with Crippen LogP contribution in [-0.4, -0.2) is 108 Å². The number of pyridine rings is 1. The van der Waals surface area contributed by atoms with Crippen LogP contribution in [0.4, 0.5) is 5.95 Å². The third-order valence-electron chi connectivity index (χ3n) is 8.54. The third kappa shape index (κ3) is 7.22. The van der Waals surface area contributed by atoms with E-state index in [0.717, 1.165) is 0 Å². The Labute approximate surface area is 288 Å². The summed E-state index contributed by atoms with van der Waals surface area (Å²) in [7, 11) is 4.86. The molecule has 1 aromatic carbocycles. The average Bonchev–Trinajstić information content (AvgIpc) is 3.08. The molecule has 2 fully saturated rings. The minimum atomic E-state index is -0.423. The molecule has 3 atom stereocenters. The summed E-state index contributed by atoms with van der Waals surface area (Å²) in [6.07, 6.45) is 3.40. The van der Waals surface area contributed by atoms with Gasteiger partial charge in [-0.05, 0) is 38.5 Å².